The molecule has 0 amide bonds. The van der Waals surface area contributed by atoms with Gasteiger partial charge in [-0.15, -0.1) is 0 Å². The number of rotatable bonds is 3. The van der Waals surface area contributed by atoms with Gasteiger partial charge in [0.05, 0.1) is 18.1 Å². The van der Waals surface area contributed by atoms with Crippen molar-refractivity contribution >= 4 is 57.6 Å². The summed E-state index contributed by atoms with van der Waals surface area (Å²) in [7, 11) is 1.62. The summed E-state index contributed by atoms with van der Waals surface area (Å²) in [5.41, 5.74) is 1.76. The van der Waals surface area contributed by atoms with Crippen LogP contribution in [0, 0.1) is 0 Å². The molecule has 118 valence electrons. The smallest absolute Gasteiger partial charge is 0.235 e. The first-order chi connectivity index (χ1) is 11.0. The second-order valence-corrected chi connectivity index (χ2v) is 7.98. The zero-order chi connectivity index (χ0) is 16.4. The van der Waals surface area contributed by atoms with Crippen molar-refractivity contribution in [3.05, 3.63) is 54.2 Å². The van der Waals surface area contributed by atoms with Crippen molar-refractivity contribution in [1.29, 1.82) is 0 Å². The summed E-state index contributed by atoms with van der Waals surface area (Å²) in [5, 5.41) is 0.564. The number of aromatic nitrogens is 2. The number of alkyl halides is 3. The van der Waals surface area contributed by atoms with Crippen LogP contribution in [0.5, 0.6) is 5.75 Å². The normalized spacial score (nSPS) is 11.7. The van der Waals surface area contributed by atoms with Gasteiger partial charge in [-0.1, -0.05) is 58.7 Å². The van der Waals surface area contributed by atoms with E-state index < -0.39 is 3.79 Å². The minimum absolute atomic E-state index is 0.321. The van der Waals surface area contributed by atoms with E-state index in [0.717, 1.165) is 16.2 Å². The molecule has 0 aliphatic carbocycles. The molecule has 0 atom stereocenters. The van der Waals surface area contributed by atoms with Gasteiger partial charge in [0.15, 0.2) is 0 Å². The molecule has 0 aliphatic heterocycles. The van der Waals surface area contributed by atoms with E-state index in [1.54, 1.807) is 7.11 Å². The Kier molecular flexibility index (Phi) is 4.87. The van der Waals surface area contributed by atoms with E-state index in [0.29, 0.717) is 16.2 Å². The average Bonchev–Trinajstić information content (AvgIpc) is 2.54. The molecule has 3 rings (SSSR count). The van der Waals surface area contributed by atoms with Crippen LogP contribution in [-0.4, -0.2) is 17.1 Å². The topological polar surface area (TPSA) is 35.0 Å². The maximum absolute atomic E-state index is 6.07. The van der Waals surface area contributed by atoms with Gasteiger partial charge in [-0.2, -0.15) is 0 Å². The SMILES string of the molecule is COc1ccc(Sc2nc3ccccc3nc2C(Cl)(Cl)Cl)cc1. The first-order valence-corrected chi connectivity index (χ1v) is 8.58. The highest BCUT2D eigenvalue weighted by atomic mass is 35.6. The number of hydrogen-bond donors (Lipinski definition) is 0. The van der Waals surface area contributed by atoms with Gasteiger partial charge in [-0.3, -0.25) is 0 Å². The standard InChI is InChI=1S/C16H11Cl3N2OS/c1-22-10-6-8-11(9-7-10)23-15-14(16(17,18)19)20-12-4-2-3-5-13(12)21-15/h2-9H,1H3. The fourth-order valence-corrected chi connectivity index (χ4v) is 3.49. The number of nitrogens with zero attached hydrogens (tertiary/aromatic N) is 2. The molecule has 0 saturated heterocycles. The summed E-state index contributed by atoms with van der Waals surface area (Å²) in [5.74, 6) is 0.778. The van der Waals surface area contributed by atoms with Gasteiger partial charge in [0.25, 0.3) is 0 Å². The molecular formula is C16H11Cl3N2OS. The molecule has 23 heavy (non-hydrogen) atoms. The van der Waals surface area contributed by atoms with Crippen LogP contribution in [-0.2, 0) is 3.79 Å². The van der Waals surface area contributed by atoms with Gasteiger partial charge in [0.1, 0.15) is 16.5 Å². The highest BCUT2D eigenvalue weighted by Gasteiger charge is 2.30. The molecule has 1 heterocycles. The molecule has 3 nitrogen and oxygen atoms in total. The number of halogens is 3. The van der Waals surface area contributed by atoms with Crippen molar-refractivity contribution in [2.45, 2.75) is 13.7 Å². The Morgan fingerprint density at radius 3 is 2.09 bits per heavy atom. The lowest BCUT2D eigenvalue weighted by atomic mass is 10.3. The molecule has 0 aliphatic rings. The Labute approximate surface area is 152 Å². The Morgan fingerprint density at radius 1 is 0.913 bits per heavy atom. The molecule has 2 aromatic carbocycles. The third-order valence-corrected chi connectivity index (χ3v) is 4.60. The monoisotopic (exact) mass is 384 g/mol. The van der Waals surface area contributed by atoms with E-state index in [4.69, 9.17) is 39.5 Å². The lowest BCUT2D eigenvalue weighted by Crippen LogP contribution is -2.08. The van der Waals surface area contributed by atoms with Crippen molar-refractivity contribution in [2.75, 3.05) is 7.11 Å². The van der Waals surface area contributed by atoms with Gasteiger partial charge in [-0.05, 0) is 36.4 Å². The Balaban J connectivity index is 2.06. The third-order valence-electron chi connectivity index (χ3n) is 3.08. The molecule has 0 N–H and O–H groups in total. The molecule has 0 saturated carbocycles. The van der Waals surface area contributed by atoms with Crippen LogP contribution in [0.3, 0.4) is 0 Å². The zero-order valence-electron chi connectivity index (χ0n) is 12.0. The number of benzene rings is 2. The summed E-state index contributed by atoms with van der Waals surface area (Å²) in [4.78, 5) is 10.0. The summed E-state index contributed by atoms with van der Waals surface area (Å²) in [6, 6.07) is 15.1. The Hall–Kier alpha value is -1.20. The zero-order valence-corrected chi connectivity index (χ0v) is 15.0. The van der Waals surface area contributed by atoms with Crippen molar-refractivity contribution in [1.82, 2.24) is 9.97 Å². The fraction of sp³-hybridized carbons (Fsp3) is 0.125. The highest BCUT2D eigenvalue weighted by Crippen LogP contribution is 2.43. The predicted octanol–water partition coefficient (Wildman–Crippen LogP) is 5.62. The fourth-order valence-electron chi connectivity index (χ4n) is 2.00. The minimum atomic E-state index is -1.65. The van der Waals surface area contributed by atoms with E-state index in [9.17, 15) is 0 Å². The molecule has 0 fully saturated rings. The molecule has 0 radical (unpaired) electrons. The van der Waals surface area contributed by atoms with Crippen LogP contribution < -0.4 is 4.74 Å². The van der Waals surface area contributed by atoms with Gasteiger partial charge < -0.3 is 4.74 Å². The average molecular weight is 386 g/mol. The van der Waals surface area contributed by atoms with Gasteiger partial charge >= 0.3 is 0 Å². The Morgan fingerprint density at radius 2 is 1.52 bits per heavy atom. The minimum Gasteiger partial charge on any atom is -0.497 e. The second-order valence-electron chi connectivity index (χ2n) is 4.64. The Bertz CT molecular complexity index is 835. The van der Waals surface area contributed by atoms with Crippen LogP contribution in [0.2, 0.25) is 0 Å². The number of para-hydroxylation sites is 2. The van der Waals surface area contributed by atoms with Gasteiger partial charge in [0, 0.05) is 4.90 Å². The quantitative estimate of drug-likeness (QED) is 0.548. The lowest BCUT2D eigenvalue weighted by molar-refractivity contribution is 0.414. The van der Waals surface area contributed by atoms with Crippen molar-refractivity contribution in [3.63, 3.8) is 0 Å². The first-order valence-electron chi connectivity index (χ1n) is 6.63. The van der Waals surface area contributed by atoms with Crippen LogP contribution in [0.1, 0.15) is 5.69 Å². The molecule has 1 aromatic heterocycles. The third kappa shape index (κ3) is 3.83. The van der Waals surface area contributed by atoms with E-state index in [2.05, 4.69) is 9.97 Å². The van der Waals surface area contributed by atoms with E-state index in [1.165, 1.54) is 11.8 Å². The van der Waals surface area contributed by atoms with Crippen LogP contribution in [0.4, 0.5) is 0 Å². The number of methoxy groups -OCH3 is 1. The van der Waals surface area contributed by atoms with Crippen LogP contribution in [0.15, 0.2) is 58.5 Å². The molecule has 3 aromatic rings. The summed E-state index contributed by atoms with van der Waals surface area (Å²) in [6.45, 7) is 0. The van der Waals surface area contributed by atoms with Crippen molar-refractivity contribution in [3.8, 4) is 5.75 Å². The van der Waals surface area contributed by atoms with Gasteiger partial charge in [0.2, 0.25) is 3.79 Å². The number of hydrogen-bond acceptors (Lipinski definition) is 4. The maximum Gasteiger partial charge on any atom is 0.235 e. The predicted molar refractivity (Wildman–Crippen MR) is 95.9 cm³/mol. The number of ether oxygens (including phenoxy) is 1. The van der Waals surface area contributed by atoms with Gasteiger partial charge in [-0.25, -0.2) is 9.97 Å². The molecule has 0 bridgehead atoms. The van der Waals surface area contributed by atoms with Crippen molar-refractivity contribution < 1.29 is 4.74 Å². The summed E-state index contributed by atoms with van der Waals surface area (Å²) < 4.78 is 3.51. The van der Waals surface area contributed by atoms with Crippen LogP contribution in [0.25, 0.3) is 11.0 Å². The van der Waals surface area contributed by atoms with E-state index in [1.807, 2.05) is 48.5 Å². The molecule has 0 unspecified atom stereocenters. The molecule has 7 heteroatoms. The van der Waals surface area contributed by atoms with E-state index >= 15 is 0 Å². The van der Waals surface area contributed by atoms with Crippen molar-refractivity contribution in [2.24, 2.45) is 0 Å². The van der Waals surface area contributed by atoms with Crippen LogP contribution >= 0.6 is 46.6 Å². The highest BCUT2D eigenvalue weighted by molar-refractivity contribution is 7.99. The first kappa shape index (κ1) is 16.7. The maximum atomic E-state index is 6.07. The summed E-state index contributed by atoms with van der Waals surface area (Å²) in [6.07, 6.45) is 0. The summed E-state index contributed by atoms with van der Waals surface area (Å²) >= 11 is 19.6. The largest absolute Gasteiger partial charge is 0.497 e. The van der Waals surface area contributed by atoms with E-state index in [-0.39, 0.29) is 0 Å². The lowest BCUT2D eigenvalue weighted by Gasteiger charge is -2.15. The molecular weight excluding hydrogens is 375 g/mol. The number of fused-ring (bicyclic) bond motifs is 1. The second kappa shape index (κ2) is 6.73. The molecule has 0 spiro atoms.